The molecule has 0 heterocycles. The van der Waals surface area contributed by atoms with E-state index in [1.807, 2.05) is 0 Å². The second-order valence-corrected chi connectivity index (χ2v) is 5.41. The maximum absolute atomic E-state index is 12.6. The third-order valence-electron chi connectivity index (χ3n) is 3.10. The Bertz CT molecular complexity index is 803. The zero-order valence-corrected chi connectivity index (χ0v) is 15.1. The molecule has 0 bridgehead atoms. The number of halogens is 3. The molecule has 0 aliphatic heterocycles. The van der Waals surface area contributed by atoms with Crippen LogP contribution in [0.15, 0.2) is 47.6 Å². The van der Waals surface area contributed by atoms with Crippen LogP contribution in [0.2, 0.25) is 5.02 Å². The number of carbonyl (C=O) groups is 1. The van der Waals surface area contributed by atoms with Gasteiger partial charge in [-0.25, -0.2) is 5.43 Å². The predicted octanol–water partition coefficient (Wildman–Crippen LogP) is 3.87. The highest BCUT2D eigenvalue weighted by molar-refractivity contribution is 6.32. The largest absolute Gasteiger partial charge is 0.490 e. The Hall–Kier alpha value is -2.87. The fourth-order valence-corrected chi connectivity index (χ4v) is 2.22. The van der Waals surface area contributed by atoms with Gasteiger partial charge in [0, 0.05) is 5.56 Å². The van der Waals surface area contributed by atoms with Crippen LogP contribution in [0.25, 0.3) is 0 Å². The molecule has 0 aromatic heterocycles. The highest BCUT2D eigenvalue weighted by Gasteiger charge is 2.14. The molecule has 144 valence electrons. The Morgan fingerprint density at radius 3 is 2.63 bits per heavy atom. The van der Waals surface area contributed by atoms with E-state index in [2.05, 4.69) is 15.3 Å². The van der Waals surface area contributed by atoms with Gasteiger partial charge < -0.3 is 14.2 Å². The molecule has 0 aliphatic rings. The summed E-state index contributed by atoms with van der Waals surface area (Å²) in [6.45, 7) is -1.36. The summed E-state index contributed by atoms with van der Waals surface area (Å²) in [7, 11) is 0. The molecule has 27 heavy (non-hydrogen) atoms. The summed E-state index contributed by atoms with van der Waals surface area (Å²) < 4.78 is 40.3. The van der Waals surface area contributed by atoms with E-state index >= 15 is 0 Å². The minimum Gasteiger partial charge on any atom is -0.490 e. The number of benzene rings is 2. The fourth-order valence-electron chi connectivity index (χ4n) is 2.03. The van der Waals surface area contributed by atoms with Crippen molar-refractivity contribution in [2.45, 2.75) is 13.5 Å². The molecule has 1 N–H and O–H groups in total. The first-order valence-corrected chi connectivity index (χ1v) is 8.29. The van der Waals surface area contributed by atoms with Crippen molar-refractivity contribution in [3.63, 3.8) is 0 Å². The molecule has 0 radical (unpaired) electrons. The quantitative estimate of drug-likeness (QED) is 0.514. The number of carbonyl (C=O) groups excluding carboxylic acids is 1. The first-order valence-electron chi connectivity index (χ1n) is 7.91. The van der Waals surface area contributed by atoms with E-state index in [9.17, 15) is 13.6 Å². The Morgan fingerprint density at radius 1 is 1.19 bits per heavy atom. The van der Waals surface area contributed by atoms with Crippen molar-refractivity contribution in [2.75, 3.05) is 13.2 Å². The van der Waals surface area contributed by atoms with Crippen LogP contribution in [0.1, 0.15) is 12.5 Å². The Balaban J connectivity index is 1.99. The number of amides is 1. The minimum atomic E-state index is -3.03. The van der Waals surface area contributed by atoms with E-state index in [1.165, 1.54) is 18.3 Å². The van der Waals surface area contributed by atoms with Crippen molar-refractivity contribution in [1.82, 2.24) is 5.43 Å². The molecule has 0 fully saturated rings. The van der Waals surface area contributed by atoms with Gasteiger partial charge in [-0.15, -0.1) is 0 Å². The second-order valence-electron chi connectivity index (χ2n) is 5.00. The highest BCUT2D eigenvalue weighted by atomic mass is 35.5. The first kappa shape index (κ1) is 20.4. The monoisotopic (exact) mass is 398 g/mol. The lowest BCUT2D eigenvalue weighted by Gasteiger charge is -2.13. The number of nitrogens with zero attached hydrogens (tertiary/aromatic N) is 1. The number of hydrogen-bond donors (Lipinski definition) is 1. The third kappa shape index (κ3) is 6.41. The van der Waals surface area contributed by atoms with Crippen molar-refractivity contribution >= 4 is 23.7 Å². The van der Waals surface area contributed by atoms with E-state index in [1.54, 1.807) is 37.3 Å². The van der Waals surface area contributed by atoms with Crippen LogP contribution in [0.4, 0.5) is 8.78 Å². The van der Waals surface area contributed by atoms with E-state index in [0.29, 0.717) is 10.8 Å². The van der Waals surface area contributed by atoms with Crippen molar-refractivity contribution < 1.29 is 27.8 Å². The van der Waals surface area contributed by atoms with Crippen LogP contribution in [0.5, 0.6) is 17.2 Å². The number of hydrogen-bond acceptors (Lipinski definition) is 5. The van der Waals surface area contributed by atoms with Gasteiger partial charge in [0.15, 0.2) is 18.1 Å². The smallest absolute Gasteiger partial charge is 0.387 e. The molecule has 0 aliphatic carbocycles. The van der Waals surface area contributed by atoms with Crippen molar-refractivity contribution in [3.05, 3.63) is 53.1 Å². The lowest BCUT2D eigenvalue weighted by atomic mass is 10.2. The summed E-state index contributed by atoms with van der Waals surface area (Å²) >= 11 is 5.92. The molecule has 2 aromatic rings. The number of hydrazone groups is 1. The fraction of sp³-hybridized carbons (Fsp3) is 0.222. The molecule has 9 heteroatoms. The number of alkyl halides is 2. The van der Waals surface area contributed by atoms with Crippen molar-refractivity contribution in [3.8, 4) is 17.2 Å². The van der Waals surface area contributed by atoms with E-state index in [0.717, 1.165) is 0 Å². The summed E-state index contributed by atoms with van der Waals surface area (Å²) in [5.74, 6) is -0.214. The van der Waals surface area contributed by atoms with Crippen LogP contribution >= 0.6 is 11.6 Å². The Labute approximate surface area is 159 Å². The topological polar surface area (TPSA) is 69.2 Å². The highest BCUT2D eigenvalue weighted by Crippen LogP contribution is 2.31. The number of para-hydroxylation sites is 2. The first-order chi connectivity index (χ1) is 13.0. The zero-order valence-electron chi connectivity index (χ0n) is 14.3. The number of rotatable bonds is 9. The zero-order chi connectivity index (χ0) is 19.6. The van der Waals surface area contributed by atoms with Crippen LogP contribution in [0.3, 0.4) is 0 Å². The van der Waals surface area contributed by atoms with Gasteiger partial charge in [-0.2, -0.15) is 13.9 Å². The number of ether oxygens (including phenoxy) is 3. The van der Waals surface area contributed by atoms with Gasteiger partial charge in [-0.1, -0.05) is 29.8 Å². The van der Waals surface area contributed by atoms with Gasteiger partial charge in [0.25, 0.3) is 5.91 Å². The Morgan fingerprint density at radius 2 is 1.93 bits per heavy atom. The summed E-state index contributed by atoms with van der Waals surface area (Å²) in [6.07, 6.45) is 1.17. The van der Waals surface area contributed by atoms with Gasteiger partial charge in [-0.05, 0) is 31.2 Å². The summed E-state index contributed by atoms with van der Waals surface area (Å²) in [5, 5.41) is 4.10. The predicted molar refractivity (Wildman–Crippen MR) is 96.9 cm³/mol. The molecule has 6 nitrogen and oxygen atoms in total. The van der Waals surface area contributed by atoms with Crippen LogP contribution in [-0.4, -0.2) is 31.9 Å². The SMILES string of the molecule is CCOc1cccc(/C=N\NC(=O)COc2ccccc2Cl)c1OC(F)F. The standard InChI is InChI=1S/C18H17ClF2N2O4/c1-2-25-15-9-5-6-12(17(15)27-18(20)21)10-22-23-16(24)11-26-14-8-4-3-7-13(14)19/h3-10,18H,2,11H2,1H3,(H,23,24)/b22-10-. The van der Waals surface area contributed by atoms with E-state index < -0.39 is 12.5 Å². The summed E-state index contributed by atoms with van der Waals surface area (Å²) in [5.41, 5.74) is 2.45. The molecular formula is C18H17ClF2N2O4. The van der Waals surface area contributed by atoms with E-state index in [-0.39, 0.29) is 30.3 Å². The lowest BCUT2D eigenvalue weighted by molar-refractivity contribution is -0.123. The molecule has 0 unspecified atom stereocenters. The molecule has 0 atom stereocenters. The minimum absolute atomic E-state index is 0.148. The molecule has 1 amide bonds. The third-order valence-corrected chi connectivity index (χ3v) is 3.42. The summed E-state index contributed by atoms with van der Waals surface area (Å²) in [6, 6.07) is 11.3. The van der Waals surface area contributed by atoms with Gasteiger partial charge in [0.2, 0.25) is 0 Å². The second kappa shape index (κ2) is 10.3. The molecule has 2 rings (SSSR count). The van der Waals surface area contributed by atoms with Crippen molar-refractivity contribution in [1.29, 1.82) is 0 Å². The van der Waals surface area contributed by atoms with Crippen LogP contribution < -0.4 is 19.6 Å². The van der Waals surface area contributed by atoms with Crippen LogP contribution in [0, 0.1) is 0 Å². The molecular weight excluding hydrogens is 382 g/mol. The van der Waals surface area contributed by atoms with Crippen LogP contribution in [-0.2, 0) is 4.79 Å². The van der Waals surface area contributed by atoms with Gasteiger partial charge in [0.1, 0.15) is 5.75 Å². The lowest BCUT2D eigenvalue weighted by Crippen LogP contribution is -2.24. The molecule has 0 saturated carbocycles. The molecule has 0 spiro atoms. The maximum Gasteiger partial charge on any atom is 0.387 e. The summed E-state index contributed by atoms with van der Waals surface area (Å²) in [4.78, 5) is 11.8. The van der Waals surface area contributed by atoms with Gasteiger partial charge >= 0.3 is 6.61 Å². The average molecular weight is 399 g/mol. The Kier molecular flexibility index (Phi) is 7.81. The molecule has 0 saturated heterocycles. The van der Waals surface area contributed by atoms with Gasteiger partial charge in [0.05, 0.1) is 17.8 Å². The molecule has 2 aromatic carbocycles. The number of nitrogens with one attached hydrogen (secondary N) is 1. The maximum atomic E-state index is 12.6. The average Bonchev–Trinajstić information content (AvgIpc) is 2.63. The van der Waals surface area contributed by atoms with Crippen molar-refractivity contribution in [2.24, 2.45) is 5.10 Å². The normalized spacial score (nSPS) is 10.9. The van der Waals surface area contributed by atoms with Gasteiger partial charge in [-0.3, -0.25) is 4.79 Å². The van der Waals surface area contributed by atoms with E-state index in [4.69, 9.17) is 21.1 Å².